The number of fused-ring (bicyclic) bond motifs is 1. The molecule has 1 atom stereocenters. The first kappa shape index (κ1) is 21.8. The van der Waals surface area contributed by atoms with Crippen molar-refractivity contribution in [3.05, 3.63) is 29.3 Å². The number of esters is 1. The Morgan fingerprint density at radius 1 is 1.20 bits per heavy atom. The molecule has 1 saturated heterocycles. The zero-order valence-electron chi connectivity index (χ0n) is 17.8. The molecule has 0 bridgehead atoms. The molecule has 2 heterocycles. The maximum atomic E-state index is 12.8. The monoisotopic (exact) mass is 415 g/mol. The molecule has 8 heteroatoms. The topological polar surface area (TPSA) is 87.2 Å². The number of rotatable bonds is 5. The van der Waals surface area contributed by atoms with Crippen LogP contribution in [0.3, 0.4) is 0 Å². The van der Waals surface area contributed by atoms with E-state index in [9.17, 15) is 19.2 Å². The van der Waals surface area contributed by atoms with Gasteiger partial charge in [0.2, 0.25) is 11.8 Å². The largest absolute Gasteiger partial charge is 0.466 e. The van der Waals surface area contributed by atoms with E-state index in [1.807, 2.05) is 0 Å². The number of likely N-dealkylation sites (tertiary alicyclic amines) is 1. The minimum Gasteiger partial charge on any atom is -0.466 e. The Labute approximate surface area is 176 Å². The van der Waals surface area contributed by atoms with Crippen LogP contribution in [-0.2, 0) is 25.5 Å². The van der Waals surface area contributed by atoms with Crippen molar-refractivity contribution in [3.8, 4) is 0 Å². The lowest BCUT2D eigenvalue weighted by molar-refractivity contribution is -0.151. The van der Waals surface area contributed by atoms with Gasteiger partial charge in [0.15, 0.2) is 0 Å². The highest BCUT2D eigenvalue weighted by Gasteiger charge is 2.30. The van der Waals surface area contributed by atoms with Crippen LogP contribution in [-0.4, -0.2) is 73.3 Å². The maximum Gasteiger partial charge on any atom is 0.310 e. The van der Waals surface area contributed by atoms with E-state index in [4.69, 9.17) is 4.74 Å². The molecule has 3 rings (SSSR count). The lowest BCUT2D eigenvalue weighted by Gasteiger charge is -2.32. The number of hydrogen-bond acceptors (Lipinski definition) is 5. The first-order valence-electron chi connectivity index (χ1n) is 10.4. The highest BCUT2D eigenvalue weighted by Crippen LogP contribution is 2.29. The molecule has 162 valence electrons. The zero-order valence-corrected chi connectivity index (χ0v) is 17.8. The summed E-state index contributed by atoms with van der Waals surface area (Å²) in [6.07, 6.45) is 2.16. The predicted octanol–water partition coefficient (Wildman–Crippen LogP) is 1.47. The summed E-state index contributed by atoms with van der Waals surface area (Å²) in [6, 6.07) is 5.29. The number of likely N-dealkylation sites (N-methyl/N-ethyl adjacent to an activating group) is 1. The summed E-state index contributed by atoms with van der Waals surface area (Å²) in [4.78, 5) is 54.0. The molecule has 30 heavy (non-hydrogen) atoms. The summed E-state index contributed by atoms with van der Waals surface area (Å²) in [5.41, 5.74) is 2.30. The molecule has 0 spiro atoms. The Bertz CT molecular complexity index is 853. The van der Waals surface area contributed by atoms with Gasteiger partial charge in [0.05, 0.1) is 19.1 Å². The second kappa shape index (κ2) is 9.28. The van der Waals surface area contributed by atoms with E-state index in [1.54, 1.807) is 42.0 Å². The summed E-state index contributed by atoms with van der Waals surface area (Å²) in [5.74, 6) is -1.00. The molecule has 0 radical (unpaired) electrons. The molecule has 1 aromatic rings. The van der Waals surface area contributed by atoms with Gasteiger partial charge in [-0.05, 0) is 49.9 Å². The van der Waals surface area contributed by atoms with Crippen molar-refractivity contribution < 1.29 is 23.9 Å². The molecule has 0 N–H and O–H groups in total. The molecule has 8 nitrogen and oxygen atoms in total. The molecule has 0 saturated carbocycles. The molecule has 2 aliphatic rings. The van der Waals surface area contributed by atoms with E-state index in [-0.39, 0.29) is 36.2 Å². The van der Waals surface area contributed by atoms with Crippen LogP contribution in [0.5, 0.6) is 0 Å². The van der Waals surface area contributed by atoms with Crippen LogP contribution >= 0.6 is 0 Å². The summed E-state index contributed by atoms with van der Waals surface area (Å²) >= 11 is 0. The molecule has 0 aliphatic carbocycles. The molecular formula is C22H29N3O5. The van der Waals surface area contributed by atoms with Gasteiger partial charge < -0.3 is 19.4 Å². The molecular weight excluding hydrogens is 386 g/mol. The lowest BCUT2D eigenvalue weighted by atomic mass is 9.98. The number of carbonyl (C=O) groups is 4. The number of carbonyl (C=O) groups excluding carboxylic acids is 4. The van der Waals surface area contributed by atoms with Crippen LogP contribution in [0.4, 0.5) is 5.69 Å². The fourth-order valence-electron chi connectivity index (χ4n) is 4.11. The standard InChI is InChI=1S/C22H29N3O5/c1-4-30-22(29)18-6-5-10-24(13-18)20(27)14-23(3)21(28)17-7-8-19-16(12-17)9-11-25(19)15(2)26/h7-8,12,18H,4-6,9-11,13-14H2,1-3H3. The summed E-state index contributed by atoms with van der Waals surface area (Å²) in [5, 5.41) is 0. The van der Waals surface area contributed by atoms with Gasteiger partial charge in [0, 0.05) is 44.9 Å². The normalized spacial score (nSPS) is 18.0. The van der Waals surface area contributed by atoms with Crippen molar-refractivity contribution >= 4 is 29.4 Å². The first-order chi connectivity index (χ1) is 14.3. The Hall–Kier alpha value is -2.90. The number of benzene rings is 1. The zero-order chi connectivity index (χ0) is 21.8. The quantitative estimate of drug-likeness (QED) is 0.680. The maximum absolute atomic E-state index is 12.8. The number of anilines is 1. The highest BCUT2D eigenvalue weighted by atomic mass is 16.5. The van der Waals surface area contributed by atoms with Gasteiger partial charge in [0.25, 0.3) is 5.91 Å². The summed E-state index contributed by atoms with van der Waals surface area (Å²) < 4.78 is 5.08. The van der Waals surface area contributed by atoms with Crippen molar-refractivity contribution in [1.29, 1.82) is 0 Å². The fraction of sp³-hybridized carbons (Fsp3) is 0.545. The predicted molar refractivity (Wildman–Crippen MR) is 111 cm³/mol. The fourth-order valence-corrected chi connectivity index (χ4v) is 4.11. The van der Waals surface area contributed by atoms with Crippen LogP contribution < -0.4 is 4.90 Å². The Morgan fingerprint density at radius 2 is 1.97 bits per heavy atom. The van der Waals surface area contributed by atoms with Gasteiger partial charge in [-0.25, -0.2) is 0 Å². The van der Waals surface area contributed by atoms with Gasteiger partial charge in [-0.15, -0.1) is 0 Å². The lowest BCUT2D eigenvalue weighted by Crippen LogP contribution is -2.47. The summed E-state index contributed by atoms with van der Waals surface area (Å²) in [7, 11) is 1.60. The Morgan fingerprint density at radius 3 is 2.67 bits per heavy atom. The molecule has 2 aliphatic heterocycles. The van der Waals surface area contributed by atoms with Crippen LogP contribution in [0.25, 0.3) is 0 Å². The average molecular weight is 415 g/mol. The van der Waals surface area contributed by atoms with Gasteiger partial charge in [-0.1, -0.05) is 0 Å². The van der Waals surface area contributed by atoms with Crippen molar-refractivity contribution in [2.45, 2.75) is 33.1 Å². The smallest absolute Gasteiger partial charge is 0.310 e. The third-order valence-corrected chi connectivity index (χ3v) is 5.72. The van der Waals surface area contributed by atoms with E-state index >= 15 is 0 Å². The van der Waals surface area contributed by atoms with Crippen LogP contribution in [0, 0.1) is 5.92 Å². The van der Waals surface area contributed by atoms with E-state index in [1.165, 1.54) is 11.8 Å². The average Bonchev–Trinajstić information content (AvgIpc) is 3.17. The van der Waals surface area contributed by atoms with Crippen LogP contribution in [0.2, 0.25) is 0 Å². The van der Waals surface area contributed by atoms with Gasteiger partial charge in [-0.3, -0.25) is 19.2 Å². The number of ether oxygens (including phenoxy) is 1. The number of hydrogen-bond donors (Lipinski definition) is 0. The van der Waals surface area contributed by atoms with E-state index in [0.29, 0.717) is 44.6 Å². The molecule has 1 fully saturated rings. The van der Waals surface area contributed by atoms with Crippen molar-refractivity contribution in [1.82, 2.24) is 9.80 Å². The third kappa shape index (κ3) is 4.63. The van der Waals surface area contributed by atoms with Crippen molar-refractivity contribution in [2.75, 3.05) is 44.7 Å². The Kier molecular flexibility index (Phi) is 6.74. The van der Waals surface area contributed by atoms with Crippen LogP contribution in [0.1, 0.15) is 42.6 Å². The molecule has 3 amide bonds. The first-order valence-corrected chi connectivity index (χ1v) is 10.4. The second-order valence-electron chi connectivity index (χ2n) is 7.86. The second-order valence-corrected chi connectivity index (χ2v) is 7.86. The van der Waals surface area contributed by atoms with E-state index < -0.39 is 0 Å². The minimum absolute atomic E-state index is 0.0156. The van der Waals surface area contributed by atoms with E-state index in [2.05, 4.69) is 0 Å². The number of amides is 3. The minimum atomic E-state index is -0.301. The van der Waals surface area contributed by atoms with Gasteiger partial charge >= 0.3 is 5.97 Å². The summed E-state index contributed by atoms with van der Waals surface area (Å²) in [6.45, 7) is 5.10. The van der Waals surface area contributed by atoms with Gasteiger partial charge in [-0.2, -0.15) is 0 Å². The van der Waals surface area contributed by atoms with Gasteiger partial charge in [0.1, 0.15) is 0 Å². The van der Waals surface area contributed by atoms with Crippen molar-refractivity contribution in [2.24, 2.45) is 5.92 Å². The van der Waals surface area contributed by atoms with Crippen molar-refractivity contribution in [3.63, 3.8) is 0 Å². The molecule has 1 aromatic carbocycles. The highest BCUT2D eigenvalue weighted by molar-refractivity contribution is 5.99. The third-order valence-electron chi connectivity index (χ3n) is 5.72. The molecule has 0 aromatic heterocycles. The molecule has 1 unspecified atom stereocenters. The number of nitrogens with zero attached hydrogens (tertiary/aromatic N) is 3. The van der Waals surface area contributed by atoms with Crippen LogP contribution in [0.15, 0.2) is 18.2 Å². The van der Waals surface area contributed by atoms with E-state index in [0.717, 1.165) is 17.7 Å². The Balaban J connectivity index is 1.61. The number of piperidine rings is 1. The SMILES string of the molecule is CCOC(=O)C1CCCN(C(=O)CN(C)C(=O)c2ccc3c(c2)CCN3C(C)=O)C1.